The highest BCUT2D eigenvalue weighted by molar-refractivity contribution is 7.00. The van der Waals surface area contributed by atoms with Gasteiger partial charge in [-0.3, -0.25) is 0 Å². The zero-order valence-corrected chi connectivity index (χ0v) is 44.4. The lowest BCUT2D eigenvalue weighted by atomic mass is 9.35. The second-order valence-corrected chi connectivity index (χ2v) is 27.4. The Morgan fingerprint density at radius 3 is 1.56 bits per heavy atom. The first-order valence-corrected chi connectivity index (χ1v) is 27.8. The van der Waals surface area contributed by atoms with Crippen molar-refractivity contribution >= 4 is 68.4 Å². The van der Waals surface area contributed by atoms with E-state index in [2.05, 4.69) is 152 Å². The van der Waals surface area contributed by atoms with Crippen molar-refractivity contribution in [2.45, 2.75) is 191 Å². The summed E-state index contributed by atoms with van der Waals surface area (Å²) in [6.45, 7) is 23.9. The maximum absolute atomic E-state index is 9.61. The van der Waals surface area contributed by atoms with Gasteiger partial charge in [0, 0.05) is 33.8 Å². The predicted molar refractivity (Wildman–Crippen MR) is 303 cm³/mol. The van der Waals surface area contributed by atoms with Crippen LogP contribution in [0.15, 0.2) is 107 Å². The molecule has 0 N–H and O–H groups in total. The predicted octanol–water partition coefficient (Wildman–Crippen LogP) is 16.7. The van der Waals surface area contributed by atoms with E-state index in [4.69, 9.17) is 8.53 Å². The molecule has 1 aromatic heterocycles. The summed E-state index contributed by atoms with van der Waals surface area (Å²) in [5, 5.41) is 1.12. The molecule has 364 valence electrons. The lowest BCUT2D eigenvalue weighted by Gasteiger charge is -2.52. The monoisotopic (exact) mass is 950 g/mol. The van der Waals surface area contributed by atoms with Crippen LogP contribution in [0.3, 0.4) is 0 Å². The van der Waals surface area contributed by atoms with E-state index < -0.39 is 0 Å². The van der Waals surface area contributed by atoms with E-state index in [9.17, 15) is 2.74 Å². The smallest absolute Gasteiger partial charge is 0.297 e. The lowest BCUT2D eigenvalue weighted by Crippen LogP contribution is -2.61. The van der Waals surface area contributed by atoms with Crippen LogP contribution < -0.4 is 26.4 Å². The number of nitrogens with zero attached hydrogens (tertiary/aromatic N) is 2. The van der Waals surface area contributed by atoms with Gasteiger partial charge in [-0.15, -0.1) is 0 Å². The average Bonchev–Trinajstić information content (AvgIpc) is 4.08. The molecule has 2 aliphatic heterocycles. The Kier molecular flexibility index (Phi) is 7.71. The largest absolute Gasteiger partial charge is 0.468 e. The number of rotatable bonds is 3. The fourth-order valence-corrected chi connectivity index (χ4v) is 16.4. The molecule has 0 radical (unpaired) electrons. The van der Waals surface area contributed by atoms with Gasteiger partial charge < -0.3 is 14.2 Å². The van der Waals surface area contributed by atoms with E-state index in [-0.39, 0.29) is 75.0 Å². The van der Waals surface area contributed by atoms with Gasteiger partial charge in [-0.25, -0.2) is 0 Å². The number of fused-ring (bicyclic) bond motifs is 12. The normalized spacial score (nSPS) is 27.8. The zero-order valence-electron chi connectivity index (χ0n) is 49.4. The summed E-state index contributed by atoms with van der Waals surface area (Å²) in [5.41, 5.74) is 22.9. The van der Waals surface area contributed by atoms with Gasteiger partial charge in [0.15, 0.2) is 0 Å². The molecule has 3 nitrogen and oxygen atoms in total. The summed E-state index contributed by atoms with van der Waals surface area (Å²) in [7, 11) is 0. The highest BCUT2D eigenvalue weighted by atomic mass is 16.3. The molecule has 0 amide bonds. The van der Waals surface area contributed by atoms with Crippen molar-refractivity contribution in [3.05, 3.63) is 148 Å². The number of hydrogen-bond acceptors (Lipinski definition) is 3. The molecule has 0 spiro atoms. The molecule has 0 saturated heterocycles. The number of anilines is 6. The summed E-state index contributed by atoms with van der Waals surface area (Å²) < 4.78 is 53.9. The molecule has 17 rings (SSSR count). The van der Waals surface area contributed by atoms with Crippen LogP contribution in [0.2, 0.25) is 0 Å². The standard InChI is InChI=1S/C68H73BN2O/c1-63(2)24-26-65(5,6)51-34-44(20-22-49(51)63)70-56-38-47-42-18-16-41(17-19-42)46(47)37-55(56)69-60-57(70)32-43(40-14-12-11-13-15-40)33-58(60)71(45-21-23-50-52(35-45)66(7,8)27-25-64(50,3)4)61-48-36-53-54(39-59(48)72-62(61)69)68(10)30-28-67(53,9)29-31-68/h11-15,20-23,32-39,41-42H,16-19,24-31H2,1-10H3/i11D,12D,13D,14D,15D. The van der Waals surface area contributed by atoms with E-state index in [0.717, 1.165) is 81.9 Å². The summed E-state index contributed by atoms with van der Waals surface area (Å²) in [4.78, 5) is 5.01. The quantitative estimate of drug-likeness (QED) is 0.165. The van der Waals surface area contributed by atoms with Gasteiger partial charge in [0.1, 0.15) is 5.58 Å². The highest BCUT2D eigenvalue weighted by Crippen LogP contribution is 2.60. The molecular weight excluding hydrogens is 872 g/mol. The van der Waals surface area contributed by atoms with E-state index in [1.54, 1.807) is 0 Å². The molecular formula is C68H73BN2O. The van der Waals surface area contributed by atoms with Crippen molar-refractivity contribution in [2.75, 3.05) is 9.80 Å². The van der Waals surface area contributed by atoms with E-state index in [1.165, 1.54) is 101 Å². The third-order valence-electron chi connectivity index (χ3n) is 21.3. The maximum atomic E-state index is 9.61. The fourth-order valence-electron chi connectivity index (χ4n) is 16.4. The van der Waals surface area contributed by atoms with Gasteiger partial charge in [0.2, 0.25) is 0 Å². The van der Waals surface area contributed by atoms with Crippen LogP contribution in [0, 0.1) is 0 Å². The Hall–Kier alpha value is -5.48. The second-order valence-electron chi connectivity index (χ2n) is 27.4. The molecule has 0 atom stereocenters. The van der Waals surface area contributed by atoms with Crippen LogP contribution in [0.1, 0.15) is 209 Å². The first kappa shape index (κ1) is 39.0. The third-order valence-corrected chi connectivity index (χ3v) is 21.3. The van der Waals surface area contributed by atoms with Gasteiger partial charge in [-0.05, 0) is 243 Å². The summed E-state index contributed by atoms with van der Waals surface area (Å²) in [5.74, 6) is 1.03. The van der Waals surface area contributed by atoms with E-state index in [0.29, 0.717) is 17.4 Å². The van der Waals surface area contributed by atoms with Crippen molar-refractivity contribution in [1.82, 2.24) is 0 Å². The number of hydrogen-bond donors (Lipinski definition) is 0. The molecule has 4 bridgehead atoms. The zero-order chi connectivity index (χ0) is 53.6. The first-order chi connectivity index (χ1) is 36.4. The molecule has 3 heterocycles. The summed E-state index contributed by atoms with van der Waals surface area (Å²) in [6.07, 6.45) is 14.0. The molecule has 7 aromatic rings. The van der Waals surface area contributed by atoms with Crippen LogP contribution in [-0.4, -0.2) is 6.71 Å². The third kappa shape index (κ3) is 5.88. The lowest BCUT2D eigenvalue weighted by molar-refractivity contribution is 0.188. The summed E-state index contributed by atoms with van der Waals surface area (Å²) in [6, 6.07) is 27.5. The van der Waals surface area contributed by atoms with E-state index >= 15 is 0 Å². The van der Waals surface area contributed by atoms with Gasteiger partial charge >= 0.3 is 0 Å². The molecule has 0 unspecified atom stereocenters. The Morgan fingerprint density at radius 1 is 0.486 bits per heavy atom. The SMILES string of the molecule is [2H]c1c([2H])c([2H])c(-c2cc3c4c(c2)N(c2ccc5c(c2)C(C)(C)CCC5(C)C)c2c(oc5cc6c(cc25)C2(C)CCC6(C)CC2)B4c2cc4c(cc2N3c2ccc3c(c2)C(C)(C)CCC3(C)C)C2CCC4CC2)c([2H])c1[2H]. The summed E-state index contributed by atoms with van der Waals surface area (Å²) >= 11 is 0. The first-order valence-electron chi connectivity index (χ1n) is 30.3. The molecule has 4 heteroatoms. The molecule has 72 heavy (non-hydrogen) atoms. The van der Waals surface area contributed by atoms with Gasteiger partial charge in [0.05, 0.1) is 18.2 Å². The molecule has 6 aromatic carbocycles. The minimum atomic E-state index is -0.382. The number of benzene rings is 6. The maximum Gasteiger partial charge on any atom is 0.297 e. The molecule has 2 saturated carbocycles. The van der Waals surface area contributed by atoms with Crippen molar-refractivity contribution < 1.29 is 11.3 Å². The Bertz CT molecular complexity index is 3780. The molecule has 8 aliphatic carbocycles. The van der Waals surface area contributed by atoms with Gasteiger partial charge in [-0.1, -0.05) is 118 Å². The number of furan rings is 1. The van der Waals surface area contributed by atoms with Crippen LogP contribution in [-0.2, 0) is 32.5 Å². The van der Waals surface area contributed by atoms with Gasteiger partial charge in [-0.2, -0.15) is 0 Å². The van der Waals surface area contributed by atoms with Crippen LogP contribution >= 0.6 is 0 Å². The molecule has 2 fully saturated rings. The van der Waals surface area contributed by atoms with Crippen molar-refractivity contribution in [3.8, 4) is 11.1 Å². The van der Waals surface area contributed by atoms with E-state index in [1.807, 2.05) is 0 Å². The topological polar surface area (TPSA) is 19.6 Å². The Balaban J connectivity index is 1.11. The Labute approximate surface area is 436 Å². The van der Waals surface area contributed by atoms with Gasteiger partial charge in [0.25, 0.3) is 6.71 Å². The fraction of sp³-hybridized carbons (Fsp3) is 0.441. The minimum absolute atomic E-state index is 0.00926. The Morgan fingerprint density at radius 2 is 0.986 bits per heavy atom. The molecule has 10 aliphatic rings. The second kappa shape index (κ2) is 14.2. The van der Waals surface area contributed by atoms with Crippen molar-refractivity contribution in [3.63, 3.8) is 0 Å². The highest BCUT2D eigenvalue weighted by Gasteiger charge is 2.52. The van der Waals surface area contributed by atoms with Crippen LogP contribution in [0.25, 0.3) is 22.1 Å². The average molecular weight is 950 g/mol. The van der Waals surface area contributed by atoms with Crippen molar-refractivity contribution in [1.29, 1.82) is 0 Å². The minimum Gasteiger partial charge on any atom is -0.468 e. The van der Waals surface area contributed by atoms with Crippen molar-refractivity contribution in [2.24, 2.45) is 0 Å². The van der Waals surface area contributed by atoms with Crippen LogP contribution in [0.5, 0.6) is 0 Å². The van der Waals surface area contributed by atoms with Crippen LogP contribution in [0.4, 0.5) is 34.1 Å².